The Hall–Kier alpha value is -2.89. The fourth-order valence-electron chi connectivity index (χ4n) is 2.65. The number of ether oxygens (including phenoxy) is 1. The van der Waals surface area contributed by atoms with E-state index in [1.807, 2.05) is 24.3 Å². The van der Waals surface area contributed by atoms with Gasteiger partial charge in [-0.15, -0.1) is 0 Å². The van der Waals surface area contributed by atoms with E-state index in [-0.39, 0.29) is 18.6 Å². The van der Waals surface area contributed by atoms with Crippen LogP contribution in [0.25, 0.3) is 10.8 Å². The summed E-state index contributed by atoms with van der Waals surface area (Å²) in [6.07, 6.45) is 8.13. The Morgan fingerprint density at radius 1 is 1.33 bits per heavy atom. The molecule has 1 aliphatic rings. The van der Waals surface area contributed by atoms with E-state index < -0.39 is 0 Å². The lowest BCUT2D eigenvalue weighted by molar-refractivity contribution is 0.0911. The number of benzene rings is 1. The molecule has 6 heteroatoms. The van der Waals surface area contributed by atoms with E-state index in [9.17, 15) is 4.79 Å². The van der Waals surface area contributed by atoms with Gasteiger partial charge in [-0.2, -0.15) is 0 Å². The lowest BCUT2D eigenvalue weighted by atomic mass is 9.93. The van der Waals surface area contributed by atoms with Crippen LogP contribution in [0.3, 0.4) is 0 Å². The van der Waals surface area contributed by atoms with Gasteiger partial charge in [-0.3, -0.25) is 9.78 Å². The second-order valence-corrected chi connectivity index (χ2v) is 5.87. The van der Waals surface area contributed by atoms with Crippen LogP contribution in [0.2, 0.25) is 0 Å². The van der Waals surface area contributed by atoms with E-state index in [1.54, 1.807) is 12.4 Å². The zero-order chi connectivity index (χ0) is 16.4. The van der Waals surface area contributed by atoms with Gasteiger partial charge in [-0.05, 0) is 31.4 Å². The molecule has 3 aromatic rings. The summed E-state index contributed by atoms with van der Waals surface area (Å²) in [5, 5.41) is 4.91. The van der Waals surface area contributed by atoms with Crippen LogP contribution in [0.1, 0.15) is 35.6 Å². The summed E-state index contributed by atoms with van der Waals surface area (Å²) < 4.78 is 11.1. The molecule has 0 radical (unpaired) electrons. The molecule has 6 nitrogen and oxygen atoms in total. The quantitative estimate of drug-likeness (QED) is 0.781. The van der Waals surface area contributed by atoms with E-state index in [2.05, 4.69) is 15.3 Å². The van der Waals surface area contributed by atoms with Crippen LogP contribution in [-0.2, 0) is 6.61 Å². The first-order valence-corrected chi connectivity index (χ1v) is 8.00. The average Bonchev–Trinajstić information content (AvgIpc) is 3.05. The van der Waals surface area contributed by atoms with Crippen LogP contribution >= 0.6 is 0 Å². The molecule has 0 aliphatic heterocycles. The molecule has 1 fully saturated rings. The molecule has 0 atom stereocenters. The van der Waals surface area contributed by atoms with Crippen LogP contribution in [-0.4, -0.2) is 21.9 Å². The molecule has 2 heterocycles. The second kappa shape index (κ2) is 6.31. The predicted molar refractivity (Wildman–Crippen MR) is 87.7 cm³/mol. The number of carbonyl (C=O) groups excluding carboxylic acids is 1. The first kappa shape index (κ1) is 14.7. The molecule has 2 aromatic heterocycles. The van der Waals surface area contributed by atoms with Gasteiger partial charge in [0.15, 0.2) is 12.3 Å². The largest absolute Gasteiger partial charge is 0.483 e. The fraction of sp³-hybridized carbons (Fsp3) is 0.278. The van der Waals surface area contributed by atoms with Gasteiger partial charge in [0.25, 0.3) is 5.91 Å². The fourth-order valence-corrected chi connectivity index (χ4v) is 2.65. The first-order valence-electron chi connectivity index (χ1n) is 8.00. The van der Waals surface area contributed by atoms with Gasteiger partial charge in [0.05, 0.1) is 0 Å². The van der Waals surface area contributed by atoms with Crippen LogP contribution in [0.4, 0.5) is 0 Å². The second-order valence-electron chi connectivity index (χ2n) is 5.87. The van der Waals surface area contributed by atoms with Gasteiger partial charge in [0.1, 0.15) is 12.0 Å². The Morgan fingerprint density at radius 2 is 2.25 bits per heavy atom. The van der Waals surface area contributed by atoms with Gasteiger partial charge in [0, 0.05) is 29.2 Å². The van der Waals surface area contributed by atoms with Crippen molar-refractivity contribution in [3.8, 4) is 5.75 Å². The lowest BCUT2D eigenvalue weighted by Gasteiger charge is -2.25. The van der Waals surface area contributed by atoms with E-state index in [1.165, 1.54) is 12.7 Å². The molecule has 122 valence electrons. The number of pyridine rings is 1. The van der Waals surface area contributed by atoms with Gasteiger partial charge in [-0.1, -0.05) is 12.1 Å². The van der Waals surface area contributed by atoms with Crippen molar-refractivity contribution in [1.82, 2.24) is 15.3 Å². The minimum absolute atomic E-state index is 0.165. The maximum atomic E-state index is 12.0. The number of hydrogen-bond donors (Lipinski definition) is 1. The molecule has 1 aliphatic carbocycles. The van der Waals surface area contributed by atoms with Crippen LogP contribution in [0.15, 0.2) is 47.3 Å². The number of nitrogens with zero attached hydrogens (tertiary/aromatic N) is 2. The summed E-state index contributed by atoms with van der Waals surface area (Å²) in [5.41, 5.74) is 0.294. The highest BCUT2D eigenvalue weighted by Crippen LogP contribution is 2.25. The first-order chi connectivity index (χ1) is 11.8. The summed E-state index contributed by atoms with van der Waals surface area (Å²) in [6, 6.07) is 7.95. The molecule has 1 saturated carbocycles. The third kappa shape index (κ3) is 2.95. The normalized spacial score (nSPS) is 14.3. The zero-order valence-electron chi connectivity index (χ0n) is 13.1. The van der Waals surface area contributed by atoms with E-state index >= 15 is 0 Å². The Bertz CT molecular complexity index is 865. The van der Waals surface area contributed by atoms with E-state index in [0.717, 1.165) is 29.4 Å². The van der Waals surface area contributed by atoms with Crippen molar-refractivity contribution in [2.45, 2.75) is 31.9 Å². The van der Waals surface area contributed by atoms with Crippen molar-refractivity contribution in [2.24, 2.45) is 0 Å². The molecule has 0 spiro atoms. The van der Waals surface area contributed by atoms with Gasteiger partial charge in [-0.25, -0.2) is 4.98 Å². The van der Waals surface area contributed by atoms with E-state index in [4.69, 9.17) is 9.15 Å². The Labute approximate surface area is 138 Å². The lowest BCUT2D eigenvalue weighted by Crippen LogP contribution is -2.39. The molecule has 0 unspecified atom stereocenters. The molecule has 0 saturated heterocycles. The SMILES string of the molecule is O=C(NC1CCC1)c1coc(COc2cccc3cnccc23)n1. The smallest absolute Gasteiger partial charge is 0.273 e. The number of nitrogens with one attached hydrogen (secondary N) is 1. The Morgan fingerprint density at radius 3 is 3.08 bits per heavy atom. The number of rotatable bonds is 5. The standard InChI is InChI=1S/C18H17N3O3/c22-18(20-13-4-2-5-13)15-10-24-17(21-15)11-23-16-6-1-3-12-9-19-8-7-14(12)16/h1,3,6-10,13H,2,4-5,11H2,(H,20,22). The summed E-state index contributed by atoms with van der Waals surface area (Å²) in [4.78, 5) is 20.3. The average molecular weight is 323 g/mol. The van der Waals surface area contributed by atoms with Gasteiger partial charge >= 0.3 is 0 Å². The summed E-state index contributed by atoms with van der Waals surface area (Å²) in [7, 11) is 0. The summed E-state index contributed by atoms with van der Waals surface area (Å²) >= 11 is 0. The minimum Gasteiger partial charge on any atom is -0.483 e. The number of hydrogen-bond acceptors (Lipinski definition) is 5. The molecule has 4 rings (SSSR count). The highest BCUT2D eigenvalue weighted by molar-refractivity contribution is 5.92. The maximum absolute atomic E-state index is 12.0. The van der Waals surface area contributed by atoms with Gasteiger partial charge < -0.3 is 14.5 Å². The zero-order valence-corrected chi connectivity index (χ0v) is 13.1. The molecule has 1 N–H and O–H groups in total. The Kier molecular flexibility index (Phi) is 3.86. The molecule has 1 amide bonds. The van der Waals surface area contributed by atoms with Crippen molar-refractivity contribution in [3.63, 3.8) is 0 Å². The van der Waals surface area contributed by atoms with Crippen molar-refractivity contribution in [3.05, 3.63) is 54.5 Å². The summed E-state index contributed by atoms with van der Waals surface area (Å²) in [6.45, 7) is 0.165. The maximum Gasteiger partial charge on any atom is 0.273 e. The molecular weight excluding hydrogens is 306 g/mol. The van der Waals surface area contributed by atoms with Crippen molar-refractivity contribution in [1.29, 1.82) is 0 Å². The van der Waals surface area contributed by atoms with E-state index in [0.29, 0.717) is 11.6 Å². The number of oxazole rings is 1. The highest BCUT2D eigenvalue weighted by atomic mass is 16.5. The van der Waals surface area contributed by atoms with Gasteiger partial charge in [0.2, 0.25) is 5.89 Å². The van der Waals surface area contributed by atoms with Crippen molar-refractivity contribution >= 4 is 16.7 Å². The molecular formula is C18H17N3O3. The number of fused-ring (bicyclic) bond motifs is 1. The minimum atomic E-state index is -0.189. The van der Waals surface area contributed by atoms with Crippen LogP contribution < -0.4 is 10.1 Å². The molecule has 24 heavy (non-hydrogen) atoms. The number of amides is 1. The Balaban J connectivity index is 1.43. The summed E-state index contributed by atoms with van der Waals surface area (Å²) in [5.74, 6) is 0.916. The molecule has 0 bridgehead atoms. The number of aromatic nitrogens is 2. The molecule has 1 aromatic carbocycles. The van der Waals surface area contributed by atoms with Crippen LogP contribution in [0.5, 0.6) is 5.75 Å². The third-order valence-corrected chi connectivity index (χ3v) is 4.22. The topological polar surface area (TPSA) is 77.2 Å². The third-order valence-electron chi connectivity index (χ3n) is 4.22. The van der Waals surface area contributed by atoms with Crippen LogP contribution in [0, 0.1) is 0 Å². The number of carbonyl (C=O) groups is 1. The predicted octanol–water partition coefficient (Wildman–Crippen LogP) is 3.08. The van der Waals surface area contributed by atoms with Crippen molar-refractivity contribution < 1.29 is 13.9 Å². The highest BCUT2D eigenvalue weighted by Gasteiger charge is 2.22. The van der Waals surface area contributed by atoms with Crippen molar-refractivity contribution in [2.75, 3.05) is 0 Å². The monoisotopic (exact) mass is 323 g/mol.